The van der Waals surface area contributed by atoms with Crippen molar-refractivity contribution in [1.82, 2.24) is 19.7 Å². The van der Waals surface area contributed by atoms with E-state index in [2.05, 4.69) is 9.88 Å². The lowest BCUT2D eigenvalue weighted by Crippen LogP contribution is -2.46. The quantitative estimate of drug-likeness (QED) is 0.700. The normalized spacial score (nSPS) is 22.4. The Morgan fingerprint density at radius 1 is 0.968 bits per heavy atom. The van der Waals surface area contributed by atoms with Crippen LogP contribution in [0.2, 0.25) is 0 Å². The number of likely N-dealkylation sites (tertiary alicyclic amines) is 1. The summed E-state index contributed by atoms with van der Waals surface area (Å²) in [5.74, 6) is 0.630. The second kappa shape index (κ2) is 10.5. The lowest BCUT2D eigenvalue weighted by Gasteiger charge is -2.35. The summed E-state index contributed by atoms with van der Waals surface area (Å²) in [4.78, 5) is 36.2. The molecule has 0 spiro atoms. The summed E-state index contributed by atoms with van der Waals surface area (Å²) in [6.07, 6.45) is 3.54. The molecule has 0 unspecified atom stereocenters. The highest BCUT2D eigenvalue weighted by Gasteiger charge is 2.29. The Morgan fingerprint density at radius 3 is 2.23 bits per heavy atom. The Hall–Kier alpha value is -2.03. The van der Waals surface area contributed by atoms with Crippen LogP contribution >= 0.6 is 0 Å². The fourth-order valence-electron chi connectivity index (χ4n) is 4.68. The van der Waals surface area contributed by atoms with Crippen LogP contribution in [0.5, 0.6) is 0 Å². The number of hydrogen-bond acceptors (Lipinski definition) is 6. The van der Waals surface area contributed by atoms with Crippen molar-refractivity contribution in [3.8, 4) is 0 Å². The van der Waals surface area contributed by atoms with Crippen molar-refractivity contribution in [2.24, 2.45) is 5.92 Å². The average Bonchev–Trinajstić information content (AvgIpc) is 2.84. The van der Waals surface area contributed by atoms with Gasteiger partial charge in [0.2, 0.25) is 5.91 Å². The van der Waals surface area contributed by atoms with E-state index < -0.39 is 0 Å². The third kappa shape index (κ3) is 5.61. The maximum absolute atomic E-state index is 12.9. The van der Waals surface area contributed by atoms with Crippen LogP contribution in [-0.2, 0) is 14.3 Å². The topological polar surface area (TPSA) is 75.2 Å². The van der Waals surface area contributed by atoms with E-state index in [4.69, 9.17) is 9.47 Å². The molecular formula is C23H34N4O4. The third-order valence-electron chi connectivity index (χ3n) is 6.61. The Balaban J connectivity index is 1.26. The zero-order chi connectivity index (χ0) is 21.6. The molecule has 31 heavy (non-hydrogen) atoms. The van der Waals surface area contributed by atoms with Gasteiger partial charge in [-0.15, -0.1) is 0 Å². The predicted molar refractivity (Wildman–Crippen MR) is 116 cm³/mol. The van der Waals surface area contributed by atoms with Crippen molar-refractivity contribution in [3.05, 3.63) is 29.6 Å². The molecule has 170 valence electrons. The van der Waals surface area contributed by atoms with Gasteiger partial charge in [-0.1, -0.05) is 6.92 Å². The summed E-state index contributed by atoms with van der Waals surface area (Å²) in [5.41, 5.74) is 1.65. The Labute approximate surface area is 184 Å². The van der Waals surface area contributed by atoms with Crippen molar-refractivity contribution >= 4 is 11.8 Å². The summed E-state index contributed by atoms with van der Waals surface area (Å²) < 4.78 is 10.7. The Kier molecular flexibility index (Phi) is 7.53. The van der Waals surface area contributed by atoms with Crippen LogP contribution in [0.1, 0.15) is 41.7 Å². The largest absolute Gasteiger partial charge is 0.379 e. The minimum absolute atomic E-state index is 0.0123. The molecule has 1 aromatic rings. The van der Waals surface area contributed by atoms with Crippen LogP contribution in [0.25, 0.3) is 0 Å². The molecule has 8 nitrogen and oxygen atoms in total. The summed E-state index contributed by atoms with van der Waals surface area (Å²) >= 11 is 0. The van der Waals surface area contributed by atoms with Gasteiger partial charge >= 0.3 is 0 Å². The van der Waals surface area contributed by atoms with Crippen molar-refractivity contribution in [2.45, 2.75) is 25.7 Å². The van der Waals surface area contributed by atoms with Gasteiger partial charge < -0.3 is 19.3 Å². The predicted octanol–water partition coefficient (Wildman–Crippen LogP) is 1.23. The van der Waals surface area contributed by atoms with Crippen LogP contribution in [0.3, 0.4) is 0 Å². The van der Waals surface area contributed by atoms with Crippen LogP contribution in [-0.4, -0.2) is 104 Å². The van der Waals surface area contributed by atoms with Gasteiger partial charge in [-0.2, -0.15) is 0 Å². The fourth-order valence-corrected chi connectivity index (χ4v) is 4.68. The zero-order valence-electron chi connectivity index (χ0n) is 18.5. The molecule has 3 aliphatic heterocycles. The number of aromatic nitrogens is 1. The first-order chi connectivity index (χ1) is 15.1. The van der Waals surface area contributed by atoms with Gasteiger partial charge in [0.1, 0.15) is 0 Å². The molecule has 0 aliphatic carbocycles. The van der Waals surface area contributed by atoms with E-state index in [9.17, 15) is 9.59 Å². The minimum Gasteiger partial charge on any atom is -0.379 e. The van der Waals surface area contributed by atoms with E-state index in [1.165, 1.54) is 0 Å². The molecule has 3 fully saturated rings. The zero-order valence-corrected chi connectivity index (χ0v) is 18.5. The van der Waals surface area contributed by atoms with E-state index in [0.717, 1.165) is 64.5 Å². The highest BCUT2D eigenvalue weighted by Crippen LogP contribution is 2.27. The van der Waals surface area contributed by atoms with Crippen LogP contribution in [0.4, 0.5) is 0 Å². The van der Waals surface area contributed by atoms with Gasteiger partial charge in [0.25, 0.3) is 5.91 Å². The van der Waals surface area contributed by atoms with Gasteiger partial charge in [0.15, 0.2) is 0 Å². The lowest BCUT2D eigenvalue weighted by atomic mass is 9.92. The van der Waals surface area contributed by atoms with E-state index in [0.29, 0.717) is 37.8 Å². The molecule has 4 rings (SSSR count). The standard InChI is InChI=1S/C23H34N4O4/c1-18(17-25-8-12-30-13-9-25)22(28)26-6-4-19(5-7-26)21-3-2-20(16-24-21)23(29)27-10-14-31-15-11-27/h2-3,16,18-19H,4-15,17H2,1H3/t18-/m0/s1. The minimum atomic E-state index is 0.0123. The van der Waals surface area contributed by atoms with E-state index in [-0.39, 0.29) is 17.7 Å². The smallest absolute Gasteiger partial charge is 0.255 e. The number of nitrogens with zero attached hydrogens (tertiary/aromatic N) is 4. The number of carbonyl (C=O) groups is 2. The highest BCUT2D eigenvalue weighted by atomic mass is 16.5. The molecule has 1 aromatic heterocycles. The number of ether oxygens (including phenoxy) is 2. The summed E-state index contributed by atoms with van der Waals surface area (Å²) in [6.45, 7) is 10.2. The number of piperidine rings is 1. The number of rotatable bonds is 5. The molecule has 2 amide bonds. The summed E-state index contributed by atoms with van der Waals surface area (Å²) in [5, 5.41) is 0. The second-order valence-electron chi connectivity index (χ2n) is 8.79. The lowest BCUT2D eigenvalue weighted by molar-refractivity contribution is -0.137. The molecule has 0 aromatic carbocycles. The number of pyridine rings is 1. The van der Waals surface area contributed by atoms with Crippen LogP contribution in [0.15, 0.2) is 18.3 Å². The summed E-state index contributed by atoms with van der Waals surface area (Å²) in [7, 11) is 0. The van der Waals surface area contributed by atoms with E-state index >= 15 is 0 Å². The Bertz CT molecular complexity index is 736. The molecule has 0 bridgehead atoms. The molecule has 8 heteroatoms. The maximum Gasteiger partial charge on any atom is 0.255 e. The molecule has 3 aliphatic rings. The average molecular weight is 431 g/mol. The highest BCUT2D eigenvalue weighted by molar-refractivity contribution is 5.94. The monoisotopic (exact) mass is 430 g/mol. The van der Waals surface area contributed by atoms with Crippen LogP contribution in [0, 0.1) is 5.92 Å². The van der Waals surface area contributed by atoms with E-state index in [1.807, 2.05) is 28.9 Å². The molecule has 3 saturated heterocycles. The summed E-state index contributed by atoms with van der Waals surface area (Å²) in [6, 6.07) is 3.87. The maximum atomic E-state index is 12.9. The number of carbonyl (C=O) groups excluding carboxylic acids is 2. The van der Waals surface area contributed by atoms with Gasteiger partial charge in [0.05, 0.1) is 32.0 Å². The third-order valence-corrected chi connectivity index (χ3v) is 6.61. The van der Waals surface area contributed by atoms with Crippen molar-refractivity contribution < 1.29 is 19.1 Å². The Morgan fingerprint density at radius 2 is 1.61 bits per heavy atom. The van der Waals surface area contributed by atoms with Crippen LogP contribution < -0.4 is 0 Å². The molecule has 0 radical (unpaired) electrons. The van der Waals surface area contributed by atoms with Crippen molar-refractivity contribution in [2.75, 3.05) is 72.2 Å². The number of morpholine rings is 2. The molecular weight excluding hydrogens is 396 g/mol. The SMILES string of the molecule is C[C@@H](CN1CCOCC1)C(=O)N1CCC(c2ccc(C(=O)N3CCOCC3)cn2)CC1. The first-order valence-electron chi connectivity index (χ1n) is 11.5. The van der Waals surface area contributed by atoms with Crippen molar-refractivity contribution in [3.63, 3.8) is 0 Å². The molecule has 0 N–H and O–H groups in total. The van der Waals surface area contributed by atoms with Gasteiger partial charge in [0, 0.05) is 69.5 Å². The van der Waals surface area contributed by atoms with Gasteiger partial charge in [-0.05, 0) is 25.0 Å². The van der Waals surface area contributed by atoms with Gasteiger partial charge in [-0.3, -0.25) is 19.5 Å². The fraction of sp³-hybridized carbons (Fsp3) is 0.696. The molecule has 1 atom stereocenters. The molecule has 4 heterocycles. The molecule has 0 saturated carbocycles. The first-order valence-corrected chi connectivity index (χ1v) is 11.5. The first kappa shape index (κ1) is 22.2. The second-order valence-corrected chi connectivity index (χ2v) is 8.79. The van der Waals surface area contributed by atoms with E-state index in [1.54, 1.807) is 6.20 Å². The number of hydrogen-bond donors (Lipinski definition) is 0. The van der Waals surface area contributed by atoms with Crippen molar-refractivity contribution in [1.29, 1.82) is 0 Å². The van der Waals surface area contributed by atoms with Gasteiger partial charge in [-0.25, -0.2) is 0 Å². The number of amides is 2.